The number of nitrogens with one attached hydrogen (secondary N) is 1. The summed E-state index contributed by atoms with van der Waals surface area (Å²) < 4.78 is 32.9. The van der Waals surface area contributed by atoms with Crippen molar-refractivity contribution in [3.8, 4) is 0 Å². The minimum Gasteiger partial charge on any atom is -0.443 e. The molecule has 1 saturated carbocycles. The molecule has 3 rings (SSSR count). The van der Waals surface area contributed by atoms with E-state index in [2.05, 4.69) is 15.3 Å². The summed E-state index contributed by atoms with van der Waals surface area (Å²) in [5.41, 5.74) is -1.22. The minimum absolute atomic E-state index is 0.00420. The lowest BCUT2D eigenvalue weighted by molar-refractivity contribution is 0.0281. The smallest absolute Gasteiger partial charge is 0.424 e. The molecule has 2 aromatic heterocycles. The summed E-state index contributed by atoms with van der Waals surface area (Å²) >= 11 is 12.6. The van der Waals surface area contributed by atoms with Crippen molar-refractivity contribution >= 4 is 50.9 Å². The maximum absolute atomic E-state index is 13.4. The van der Waals surface area contributed by atoms with Crippen LogP contribution in [0.15, 0.2) is 29.4 Å². The van der Waals surface area contributed by atoms with Crippen LogP contribution >= 0.6 is 23.2 Å². The van der Waals surface area contributed by atoms with Gasteiger partial charge in [0.05, 0.1) is 21.8 Å². The largest absolute Gasteiger partial charge is 0.443 e. The molecule has 0 bridgehead atoms. The van der Waals surface area contributed by atoms with Gasteiger partial charge in [-0.3, -0.25) is 4.79 Å². The number of anilines is 1. The Kier molecular flexibility index (Phi) is 7.93. The van der Waals surface area contributed by atoms with Crippen LogP contribution in [0.5, 0.6) is 0 Å². The lowest BCUT2D eigenvalue weighted by atomic mass is 9.82. The van der Waals surface area contributed by atoms with E-state index in [1.807, 2.05) is 0 Å². The third-order valence-electron chi connectivity index (χ3n) is 5.36. The molecule has 2 amide bonds. The van der Waals surface area contributed by atoms with Gasteiger partial charge in [0.25, 0.3) is 15.9 Å². The Morgan fingerprint density at radius 3 is 2.28 bits per heavy atom. The highest BCUT2D eigenvalue weighted by atomic mass is 35.5. The molecule has 0 unspecified atom stereocenters. The fourth-order valence-corrected chi connectivity index (χ4v) is 5.71. The number of sulfonamides is 1. The summed E-state index contributed by atoms with van der Waals surface area (Å²) in [6.07, 6.45) is 3.21. The summed E-state index contributed by atoms with van der Waals surface area (Å²) in [5.74, 6) is -0.389. The van der Waals surface area contributed by atoms with Gasteiger partial charge in [-0.15, -0.1) is 0 Å². The van der Waals surface area contributed by atoms with Gasteiger partial charge in [0.2, 0.25) is 0 Å². The Morgan fingerprint density at radius 1 is 1.11 bits per heavy atom. The van der Waals surface area contributed by atoms with Crippen molar-refractivity contribution in [2.24, 2.45) is 0 Å². The molecule has 2 aromatic rings. The SMILES string of the molecule is CC(C)(C)OC(=O)N(C(C)(C)C)S(=O)(=O)c1cc(NC(=O)c2cc(Cl)c(C3CCC3)nc2Cl)ccn1. The summed E-state index contributed by atoms with van der Waals surface area (Å²) in [6, 6.07) is 4.03. The average molecular weight is 558 g/mol. The van der Waals surface area contributed by atoms with Crippen molar-refractivity contribution in [3.63, 3.8) is 0 Å². The van der Waals surface area contributed by atoms with Crippen LogP contribution < -0.4 is 5.32 Å². The highest BCUT2D eigenvalue weighted by Gasteiger charge is 2.41. The van der Waals surface area contributed by atoms with Gasteiger partial charge in [-0.05, 0) is 66.5 Å². The first-order chi connectivity index (χ1) is 16.5. The molecule has 1 fully saturated rings. The molecule has 0 aromatic carbocycles. The third kappa shape index (κ3) is 6.27. The minimum atomic E-state index is -4.44. The number of ether oxygens (including phenoxy) is 1. The van der Waals surface area contributed by atoms with Crippen molar-refractivity contribution in [1.82, 2.24) is 14.3 Å². The molecule has 1 aliphatic carbocycles. The Hall–Kier alpha value is -2.43. The highest BCUT2D eigenvalue weighted by Crippen LogP contribution is 2.39. The lowest BCUT2D eigenvalue weighted by Gasteiger charge is -2.35. The maximum Gasteiger partial charge on any atom is 0.424 e. The van der Waals surface area contributed by atoms with Gasteiger partial charge >= 0.3 is 6.09 Å². The number of aromatic nitrogens is 2. The first kappa shape index (κ1) is 28.1. The Morgan fingerprint density at radius 2 is 1.75 bits per heavy atom. The van der Waals surface area contributed by atoms with E-state index in [0.717, 1.165) is 25.3 Å². The van der Waals surface area contributed by atoms with E-state index in [9.17, 15) is 18.0 Å². The van der Waals surface area contributed by atoms with E-state index in [4.69, 9.17) is 27.9 Å². The number of hydrogen-bond acceptors (Lipinski definition) is 7. The van der Waals surface area contributed by atoms with E-state index >= 15 is 0 Å². The summed E-state index contributed by atoms with van der Waals surface area (Å²) in [7, 11) is -4.44. The quantitative estimate of drug-likeness (QED) is 0.446. The van der Waals surface area contributed by atoms with E-state index < -0.39 is 38.2 Å². The van der Waals surface area contributed by atoms with Crippen LogP contribution in [0.4, 0.5) is 10.5 Å². The second kappa shape index (κ2) is 10.1. The fourth-order valence-electron chi connectivity index (χ4n) is 3.56. The number of carbonyl (C=O) groups is 2. The number of rotatable bonds is 5. The van der Waals surface area contributed by atoms with E-state index in [-0.39, 0.29) is 22.3 Å². The molecule has 9 nitrogen and oxygen atoms in total. The second-order valence-corrected chi connectivity index (χ2v) is 13.1. The van der Waals surface area contributed by atoms with Gasteiger partial charge in [0, 0.05) is 23.9 Å². The van der Waals surface area contributed by atoms with Gasteiger partial charge in [0.1, 0.15) is 10.8 Å². The second-order valence-electron chi connectivity index (χ2n) is 10.6. The molecule has 0 atom stereocenters. The lowest BCUT2D eigenvalue weighted by Crippen LogP contribution is -2.51. The molecule has 12 heteroatoms. The summed E-state index contributed by atoms with van der Waals surface area (Å²) in [5, 5.41) is 2.51. The number of hydrogen-bond donors (Lipinski definition) is 1. The van der Waals surface area contributed by atoms with Crippen molar-refractivity contribution in [3.05, 3.63) is 45.8 Å². The van der Waals surface area contributed by atoms with Gasteiger partial charge in [0.15, 0.2) is 5.03 Å². The predicted octanol–water partition coefficient (Wildman–Crippen LogP) is 6.03. The molecular formula is C24H30Cl2N4O5S. The Balaban J connectivity index is 1.89. The van der Waals surface area contributed by atoms with Gasteiger partial charge in [-0.25, -0.2) is 14.8 Å². The zero-order chi connectivity index (χ0) is 27.1. The van der Waals surface area contributed by atoms with Crippen LogP contribution in [0.3, 0.4) is 0 Å². The van der Waals surface area contributed by atoms with Gasteiger partial charge in [-0.2, -0.15) is 12.7 Å². The van der Waals surface area contributed by atoms with Crippen molar-refractivity contribution in [2.75, 3.05) is 5.32 Å². The van der Waals surface area contributed by atoms with Gasteiger partial charge in [-0.1, -0.05) is 29.6 Å². The molecular weight excluding hydrogens is 527 g/mol. The zero-order valence-corrected chi connectivity index (χ0v) is 23.4. The van der Waals surface area contributed by atoms with E-state index in [1.165, 1.54) is 18.3 Å². The van der Waals surface area contributed by atoms with Crippen LogP contribution in [0, 0.1) is 0 Å². The monoisotopic (exact) mass is 556 g/mol. The molecule has 1 aliphatic rings. The van der Waals surface area contributed by atoms with E-state index in [1.54, 1.807) is 41.5 Å². The molecule has 1 N–H and O–H groups in total. The predicted molar refractivity (Wildman–Crippen MR) is 138 cm³/mol. The normalized spacial score (nSPS) is 14.7. The standard InChI is InChI=1S/C24H30Cl2N4O5S/c1-23(2,3)30(22(32)35-24(4,5)6)36(33,34)18-12-15(10-11-27-18)28-21(31)16-13-17(25)19(29-20(16)26)14-8-7-9-14/h10-14H,7-9H2,1-6H3,(H,27,28,31). The average Bonchev–Trinajstić information content (AvgIpc) is 2.66. The highest BCUT2D eigenvalue weighted by molar-refractivity contribution is 7.89. The first-order valence-corrected chi connectivity index (χ1v) is 13.6. The van der Waals surface area contributed by atoms with Crippen molar-refractivity contribution < 1.29 is 22.7 Å². The van der Waals surface area contributed by atoms with Crippen LogP contribution in [0.2, 0.25) is 10.2 Å². The molecule has 36 heavy (non-hydrogen) atoms. The fraction of sp³-hybridized carbons (Fsp3) is 0.500. The van der Waals surface area contributed by atoms with Crippen molar-refractivity contribution in [1.29, 1.82) is 0 Å². The number of amides is 2. The zero-order valence-electron chi connectivity index (χ0n) is 21.1. The number of halogens is 2. The number of nitrogens with zero attached hydrogens (tertiary/aromatic N) is 3. The number of pyridine rings is 2. The first-order valence-electron chi connectivity index (χ1n) is 11.4. The molecule has 196 valence electrons. The number of carbonyl (C=O) groups excluding carboxylic acids is 2. The van der Waals surface area contributed by atoms with Crippen LogP contribution in [0.1, 0.15) is 82.8 Å². The molecule has 0 aliphatic heterocycles. The third-order valence-corrected chi connectivity index (χ3v) is 7.88. The van der Waals surface area contributed by atoms with Gasteiger partial charge < -0.3 is 10.1 Å². The Labute approximate surface area is 221 Å². The topological polar surface area (TPSA) is 119 Å². The maximum atomic E-state index is 13.4. The van der Waals surface area contributed by atoms with Crippen molar-refractivity contribution in [2.45, 2.75) is 82.9 Å². The summed E-state index contributed by atoms with van der Waals surface area (Å²) in [6.45, 7) is 9.59. The molecule has 2 heterocycles. The molecule has 0 saturated heterocycles. The Bertz CT molecular complexity index is 1280. The molecule has 0 spiro atoms. The van der Waals surface area contributed by atoms with E-state index in [0.29, 0.717) is 15.0 Å². The van der Waals surface area contributed by atoms with Crippen LogP contribution in [0.25, 0.3) is 0 Å². The molecule has 0 radical (unpaired) electrons. The van der Waals surface area contributed by atoms with Crippen LogP contribution in [-0.4, -0.2) is 45.8 Å². The van der Waals surface area contributed by atoms with Crippen LogP contribution in [-0.2, 0) is 14.8 Å². The summed E-state index contributed by atoms with van der Waals surface area (Å²) in [4.78, 5) is 34.0.